The van der Waals surface area contributed by atoms with Gasteiger partial charge >= 0.3 is 0 Å². The molecule has 0 aromatic heterocycles. The smallest absolute Gasteiger partial charge is 0.226 e. The van der Waals surface area contributed by atoms with E-state index in [9.17, 15) is 9.90 Å². The summed E-state index contributed by atoms with van der Waals surface area (Å²) in [5.41, 5.74) is -0.488. The van der Waals surface area contributed by atoms with Crippen LogP contribution in [-0.4, -0.2) is 29.8 Å². The van der Waals surface area contributed by atoms with Crippen molar-refractivity contribution >= 4 is 5.91 Å². The lowest BCUT2D eigenvalue weighted by Crippen LogP contribution is -2.52. The number of amides is 1. The van der Waals surface area contributed by atoms with E-state index in [1.807, 2.05) is 44.2 Å². The number of rotatable bonds is 7. The van der Waals surface area contributed by atoms with Crippen molar-refractivity contribution in [1.29, 1.82) is 0 Å². The van der Waals surface area contributed by atoms with Crippen molar-refractivity contribution < 1.29 is 14.6 Å². The maximum Gasteiger partial charge on any atom is 0.226 e. The molecule has 2 rings (SSSR count). The number of aliphatic hydroxyl groups excluding tert-OH is 1. The Labute approximate surface area is 120 Å². The van der Waals surface area contributed by atoms with E-state index in [4.69, 9.17) is 4.74 Å². The van der Waals surface area contributed by atoms with Crippen molar-refractivity contribution in [2.45, 2.75) is 32.2 Å². The molecule has 1 aliphatic rings. The Balaban J connectivity index is 1.82. The van der Waals surface area contributed by atoms with Crippen LogP contribution in [0.4, 0.5) is 0 Å². The molecule has 0 aliphatic heterocycles. The van der Waals surface area contributed by atoms with Crippen molar-refractivity contribution in [3.63, 3.8) is 0 Å². The number of ether oxygens (including phenoxy) is 1. The third-order valence-corrected chi connectivity index (χ3v) is 3.91. The van der Waals surface area contributed by atoms with E-state index >= 15 is 0 Å². The molecular weight excluding hydrogens is 254 g/mol. The predicted molar refractivity (Wildman–Crippen MR) is 77.5 cm³/mol. The summed E-state index contributed by atoms with van der Waals surface area (Å²) in [4.78, 5) is 12.2. The van der Waals surface area contributed by atoms with Gasteiger partial charge in [-0.25, -0.2) is 0 Å². The van der Waals surface area contributed by atoms with Crippen LogP contribution in [0, 0.1) is 11.8 Å². The van der Waals surface area contributed by atoms with E-state index < -0.39 is 5.54 Å². The van der Waals surface area contributed by atoms with Crippen molar-refractivity contribution in [3.8, 4) is 5.75 Å². The lowest BCUT2D eigenvalue weighted by molar-refractivity contribution is -0.128. The van der Waals surface area contributed by atoms with Crippen LogP contribution in [0.15, 0.2) is 30.3 Å². The Kier molecular flexibility index (Phi) is 4.65. The molecule has 4 heteroatoms. The average Bonchev–Trinajstić information content (AvgIpc) is 3.30. The van der Waals surface area contributed by atoms with Crippen LogP contribution in [0.2, 0.25) is 0 Å². The Morgan fingerprint density at radius 1 is 1.45 bits per heavy atom. The third kappa shape index (κ3) is 3.73. The average molecular weight is 277 g/mol. The first kappa shape index (κ1) is 14.9. The molecular formula is C16H23NO3. The van der Waals surface area contributed by atoms with Gasteiger partial charge in [0.25, 0.3) is 0 Å². The van der Waals surface area contributed by atoms with Gasteiger partial charge in [0.1, 0.15) is 5.75 Å². The fourth-order valence-electron chi connectivity index (χ4n) is 2.21. The number of nitrogens with one attached hydrogen (secondary N) is 1. The van der Waals surface area contributed by atoms with Crippen LogP contribution in [0.3, 0.4) is 0 Å². The highest BCUT2D eigenvalue weighted by atomic mass is 16.5. The highest BCUT2D eigenvalue weighted by molar-refractivity contribution is 5.79. The van der Waals surface area contributed by atoms with Gasteiger partial charge in [-0.05, 0) is 37.8 Å². The summed E-state index contributed by atoms with van der Waals surface area (Å²) in [5, 5.41) is 12.5. The summed E-state index contributed by atoms with van der Waals surface area (Å²) in [6, 6.07) is 9.45. The van der Waals surface area contributed by atoms with Crippen LogP contribution in [0.5, 0.6) is 5.75 Å². The molecule has 0 radical (unpaired) electrons. The van der Waals surface area contributed by atoms with Crippen LogP contribution in [0.25, 0.3) is 0 Å². The highest BCUT2D eigenvalue weighted by Crippen LogP contribution is 2.39. The lowest BCUT2D eigenvalue weighted by atomic mass is 9.96. The Bertz CT molecular complexity index is 444. The van der Waals surface area contributed by atoms with E-state index in [0.29, 0.717) is 12.5 Å². The number of carbonyl (C=O) groups excluding carboxylic acids is 1. The molecule has 110 valence electrons. The maximum atomic E-state index is 12.2. The molecule has 1 amide bonds. The molecule has 0 bridgehead atoms. The quantitative estimate of drug-likeness (QED) is 0.801. The summed E-state index contributed by atoms with van der Waals surface area (Å²) in [5.74, 6) is 0.849. The number of hydrogen-bond donors (Lipinski definition) is 2. The second-order valence-electron chi connectivity index (χ2n) is 5.86. The summed E-state index contributed by atoms with van der Waals surface area (Å²) in [6.07, 6.45) is 2.15. The fourth-order valence-corrected chi connectivity index (χ4v) is 2.21. The second kappa shape index (κ2) is 6.27. The minimum atomic E-state index is -0.488. The molecule has 20 heavy (non-hydrogen) atoms. The van der Waals surface area contributed by atoms with Crippen LogP contribution < -0.4 is 10.1 Å². The van der Waals surface area contributed by atoms with Crippen LogP contribution in [0.1, 0.15) is 26.7 Å². The van der Waals surface area contributed by atoms with Gasteiger partial charge in [0, 0.05) is 0 Å². The third-order valence-electron chi connectivity index (χ3n) is 3.91. The minimum Gasteiger partial charge on any atom is -0.493 e. The number of benzene rings is 1. The van der Waals surface area contributed by atoms with Gasteiger partial charge in [-0.1, -0.05) is 25.1 Å². The minimum absolute atomic E-state index is 0.0182. The largest absolute Gasteiger partial charge is 0.493 e. The number of hydrogen-bond acceptors (Lipinski definition) is 3. The first-order chi connectivity index (χ1) is 9.55. The molecule has 0 heterocycles. The van der Waals surface area contributed by atoms with Crippen LogP contribution in [-0.2, 0) is 4.79 Å². The van der Waals surface area contributed by atoms with E-state index in [2.05, 4.69) is 5.32 Å². The molecule has 1 fully saturated rings. The van der Waals surface area contributed by atoms with Gasteiger partial charge in [-0.15, -0.1) is 0 Å². The molecule has 2 unspecified atom stereocenters. The van der Waals surface area contributed by atoms with E-state index in [1.165, 1.54) is 0 Å². The molecule has 1 saturated carbocycles. The molecule has 4 nitrogen and oxygen atoms in total. The predicted octanol–water partition coefficient (Wildman–Crippen LogP) is 1.98. The second-order valence-corrected chi connectivity index (χ2v) is 5.86. The number of carbonyl (C=O) groups is 1. The Morgan fingerprint density at radius 3 is 2.65 bits per heavy atom. The molecule has 1 aromatic rings. The highest BCUT2D eigenvalue weighted by Gasteiger charge is 2.42. The topological polar surface area (TPSA) is 58.6 Å². The molecule has 1 aromatic carbocycles. The Morgan fingerprint density at radius 2 is 2.10 bits per heavy atom. The Hall–Kier alpha value is -1.55. The zero-order chi connectivity index (χ0) is 14.6. The first-order valence-electron chi connectivity index (χ1n) is 7.16. The summed E-state index contributed by atoms with van der Waals surface area (Å²) in [6.45, 7) is 4.06. The summed E-state index contributed by atoms with van der Waals surface area (Å²) in [7, 11) is 0. The first-order valence-corrected chi connectivity index (χ1v) is 7.16. The molecule has 0 saturated heterocycles. The fraction of sp³-hybridized carbons (Fsp3) is 0.562. The standard InChI is InChI=1S/C16H23NO3/c1-12(10-20-14-6-4-3-5-7-14)15(19)17-16(2,11-18)13-8-9-13/h3-7,12-13,18H,8-11H2,1-2H3,(H,17,19). The zero-order valence-electron chi connectivity index (χ0n) is 12.1. The van der Waals surface area contributed by atoms with Gasteiger partial charge in [0.2, 0.25) is 5.91 Å². The van der Waals surface area contributed by atoms with Gasteiger partial charge in [-0.2, -0.15) is 0 Å². The number of aliphatic hydroxyl groups is 1. The maximum absolute atomic E-state index is 12.2. The summed E-state index contributed by atoms with van der Waals surface area (Å²) >= 11 is 0. The van der Waals surface area contributed by atoms with Crippen molar-refractivity contribution in [2.75, 3.05) is 13.2 Å². The molecule has 2 atom stereocenters. The molecule has 1 aliphatic carbocycles. The lowest BCUT2D eigenvalue weighted by Gasteiger charge is -2.30. The molecule has 2 N–H and O–H groups in total. The van der Waals surface area contributed by atoms with Gasteiger partial charge < -0.3 is 15.2 Å². The van der Waals surface area contributed by atoms with Crippen molar-refractivity contribution in [2.24, 2.45) is 11.8 Å². The monoisotopic (exact) mass is 277 g/mol. The van der Waals surface area contributed by atoms with Crippen molar-refractivity contribution in [1.82, 2.24) is 5.32 Å². The summed E-state index contributed by atoms with van der Waals surface area (Å²) < 4.78 is 5.59. The van der Waals surface area contributed by atoms with Crippen molar-refractivity contribution in [3.05, 3.63) is 30.3 Å². The SMILES string of the molecule is CC(COc1ccccc1)C(=O)NC(C)(CO)C1CC1. The van der Waals surface area contributed by atoms with Gasteiger partial charge in [0.05, 0.1) is 24.7 Å². The van der Waals surface area contributed by atoms with Gasteiger partial charge in [-0.3, -0.25) is 4.79 Å². The normalized spacial score (nSPS) is 18.9. The van der Waals surface area contributed by atoms with Gasteiger partial charge in [0.15, 0.2) is 0 Å². The number of para-hydroxylation sites is 1. The van der Waals surface area contributed by atoms with E-state index in [-0.39, 0.29) is 18.4 Å². The zero-order valence-corrected chi connectivity index (χ0v) is 12.1. The van der Waals surface area contributed by atoms with Crippen LogP contribution >= 0.6 is 0 Å². The molecule has 0 spiro atoms. The van der Waals surface area contributed by atoms with E-state index in [0.717, 1.165) is 18.6 Å². The van der Waals surface area contributed by atoms with E-state index in [1.54, 1.807) is 0 Å².